The number of alkyl halides is 3. The maximum atomic E-state index is 13.0. The quantitative estimate of drug-likeness (QED) is 0.816. The van der Waals surface area contributed by atoms with Crippen LogP contribution in [0.4, 0.5) is 18.9 Å². The Balaban J connectivity index is 1.83. The van der Waals surface area contributed by atoms with Crippen LogP contribution in [0.15, 0.2) is 30.9 Å². The third kappa shape index (κ3) is 4.25. The minimum atomic E-state index is -4.58. The van der Waals surface area contributed by atoms with E-state index in [9.17, 15) is 22.8 Å². The SMILES string of the molecule is O=C(CN1CCC[C@@H]1C(=O)O)Nc1cc(C(F)(F)F)ccc1-n1cncn1. The number of amides is 1. The van der Waals surface area contributed by atoms with Crippen molar-refractivity contribution in [3.8, 4) is 5.69 Å². The molecule has 1 amide bonds. The van der Waals surface area contributed by atoms with Gasteiger partial charge in [0.15, 0.2) is 0 Å². The van der Waals surface area contributed by atoms with E-state index in [2.05, 4.69) is 15.4 Å². The summed E-state index contributed by atoms with van der Waals surface area (Å²) < 4.78 is 40.3. The van der Waals surface area contributed by atoms with E-state index in [1.54, 1.807) is 0 Å². The van der Waals surface area contributed by atoms with Gasteiger partial charge in [-0.15, -0.1) is 0 Å². The van der Waals surface area contributed by atoms with E-state index >= 15 is 0 Å². The third-order valence-corrected chi connectivity index (χ3v) is 4.26. The fourth-order valence-electron chi connectivity index (χ4n) is 3.01. The first-order valence-corrected chi connectivity index (χ1v) is 8.08. The second kappa shape index (κ2) is 7.35. The predicted octanol–water partition coefficient (Wildman–Crippen LogP) is 1.77. The molecule has 0 radical (unpaired) electrons. The summed E-state index contributed by atoms with van der Waals surface area (Å²) in [6.45, 7) is 0.201. The number of likely N-dealkylation sites (tertiary alicyclic amines) is 1. The number of hydrogen-bond donors (Lipinski definition) is 2. The monoisotopic (exact) mass is 383 g/mol. The molecule has 2 aromatic rings. The Morgan fingerprint density at radius 3 is 2.74 bits per heavy atom. The number of carboxylic acid groups (broad SMARTS) is 1. The van der Waals surface area contributed by atoms with E-state index < -0.39 is 29.7 Å². The van der Waals surface area contributed by atoms with Gasteiger partial charge in [-0.1, -0.05) is 0 Å². The molecule has 1 aliphatic rings. The number of anilines is 1. The van der Waals surface area contributed by atoms with E-state index in [1.807, 2.05) is 0 Å². The molecule has 1 aromatic carbocycles. The minimum Gasteiger partial charge on any atom is -0.480 e. The molecular formula is C16H16F3N5O3. The molecule has 2 heterocycles. The number of nitrogens with one attached hydrogen (secondary N) is 1. The van der Waals surface area contributed by atoms with Crippen molar-refractivity contribution < 1.29 is 27.9 Å². The number of aromatic nitrogens is 3. The third-order valence-electron chi connectivity index (χ3n) is 4.26. The number of benzene rings is 1. The molecule has 1 aliphatic heterocycles. The van der Waals surface area contributed by atoms with Gasteiger partial charge in [-0.05, 0) is 37.6 Å². The zero-order valence-corrected chi connectivity index (χ0v) is 14.0. The van der Waals surface area contributed by atoms with Crippen molar-refractivity contribution in [2.45, 2.75) is 25.1 Å². The number of carboxylic acids is 1. The van der Waals surface area contributed by atoms with Gasteiger partial charge in [0.25, 0.3) is 0 Å². The lowest BCUT2D eigenvalue weighted by atomic mass is 10.1. The fraction of sp³-hybridized carbons (Fsp3) is 0.375. The Hall–Kier alpha value is -2.95. The van der Waals surface area contributed by atoms with Crippen molar-refractivity contribution in [2.24, 2.45) is 0 Å². The highest BCUT2D eigenvalue weighted by atomic mass is 19.4. The van der Waals surface area contributed by atoms with Crippen molar-refractivity contribution >= 4 is 17.6 Å². The molecule has 27 heavy (non-hydrogen) atoms. The largest absolute Gasteiger partial charge is 0.480 e. The first kappa shape index (κ1) is 18.8. The average Bonchev–Trinajstić information content (AvgIpc) is 3.25. The number of aliphatic carboxylic acids is 1. The van der Waals surface area contributed by atoms with Gasteiger partial charge in [0.05, 0.1) is 23.5 Å². The molecular weight excluding hydrogens is 367 g/mol. The van der Waals surface area contributed by atoms with Crippen molar-refractivity contribution in [1.82, 2.24) is 19.7 Å². The van der Waals surface area contributed by atoms with E-state index in [4.69, 9.17) is 5.11 Å². The van der Waals surface area contributed by atoms with Crippen LogP contribution in [0.5, 0.6) is 0 Å². The molecule has 0 bridgehead atoms. The van der Waals surface area contributed by atoms with Crippen LogP contribution >= 0.6 is 0 Å². The van der Waals surface area contributed by atoms with Gasteiger partial charge in [0.2, 0.25) is 5.91 Å². The van der Waals surface area contributed by atoms with Crippen LogP contribution in [-0.4, -0.2) is 55.8 Å². The van der Waals surface area contributed by atoms with Gasteiger partial charge >= 0.3 is 12.1 Å². The zero-order valence-electron chi connectivity index (χ0n) is 14.0. The highest BCUT2D eigenvalue weighted by Gasteiger charge is 2.33. The molecule has 8 nitrogen and oxygen atoms in total. The molecule has 1 fully saturated rings. The molecule has 1 atom stereocenters. The second-order valence-electron chi connectivity index (χ2n) is 6.08. The van der Waals surface area contributed by atoms with Crippen LogP contribution in [0.2, 0.25) is 0 Å². The summed E-state index contributed by atoms with van der Waals surface area (Å²) in [6.07, 6.45) is -1.01. The lowest BCUT2D eigenvalue weighted by Crippen LogP contribution is -2.41. The molecule has 11 heteroatoms. The van der Waals surface area contributed by atoms with Crippen LogP contribution in [0.1, 0.15) is 18.4 Å². The molecule has 1 aromatic heterocycles. The van der Waals surface area contributed by atoms with Gasteiger partial charge in [-0.25, -0.2) is 9.67 Å². The predicted molar refractivity (Wildman–Crippen MR) is 87.2 cm³/mol. The Kier molecular flexibility index (Phi) is 5.13. The summed E-state index contributed by atoms with van der Waals surface area (Å²) >= 11 is 0. The van der Waals surface area contributed by atoms with Gasteiger partial charge in [-0.2, -0.15) is 18.3 Å². The van der Waals surface area contributed by atoms with Crippen LogP contribution < -0.4 is 5.32 Å². The summed E-state index contributed by atoms with van der Waals surface area (Å²) in [5, 5.41) is 15.5. The van der Waals surface area contributed by atoms with E-state index in [1.165, 1.54) is 28.3 Å². The summed E-state index contributed by atoms with van der Waals surface area (Å²) in [6, 6.07) is 2.11. The normalized spacial score (nSPS) is 17.8. The molecule has 3 rings (SSSR count). The smallest absolute Gasteiger partial charge is 0.416 e. The molecule has 0 spiro atoms. The molecule has 1 saturated heterocycles. The molecule has 0 aliphatic carbocycles. The molecule has 144 valence electrons. The summed E-state index contributed by atoms with van der Waals surface area (Å²) in [5.74, 6) is -1.63. The number of halogens is 3. The maximum absolute atomic E-state index is 13.0. The zero-order chi connectivity index (χ0) is 19.6. The van der Waals surface area contributed by atoms with Crippen LogP contribution in [0, 0.1) is 0 Å². The summed E-state index contributed by atoms with van der Waals surface area (Å²) in [4.78, 5) is 28.8. The standard InChI is InChI=1S/C16H16F3N5O3/c17-16(18,19)10-3-4-12(24-9-20-8-21-24)11(6-10)22-14(25)7-23-5-1-2-13(23)15(26)27/h3-4,6,8-9,13H,1-2,5,7H2,(H,22,25)(H,26,27)/t13-/m1/s1. The number of nitrogens with zero attached hydrogens (tertiary/aromatic N) is 4. The number of rotatable bonds is 5. The van der Waals surface area contributed by atoms with Gasteiger partial charge in [-0.3, -0.25) is 14.5 Å². The first-order chi connectivity index (χ1) is 12.8. The van der Waals surface area contributed by atoms with E-state index in [-0.39, 0.29) is 17.9 Å². The highest BCUT2D eigenvalue weighted by molar-refractivity contribution is 5.94. The molecule has 0 unspecified atom stereocenters. The van der Waals surface area contributed by atoms with Crippen molar-refractivity contribution in [3.63, 3.8) is 0 Å². The fourth-order valence-corrected chi connectivity index (χ4v) is 3.01. The maximum Gasteiger partial charge on any atom is 0.416 e. The lowest BCUT2D eigenvalue weighted by molar-refractivity contribution is -0.142. The number of carbonyl (C=O) groups is 2. The Labute approximate surface area is 151 Å². The minimum absolute atomic E-state index is 0.0913. The average molecular weight is 383 g/mol. The summed E-state index contributed by atoms with van der Waals surface area (Å²) in [5.41, 5.74) is -0.803. The Bertz CT molecular complexity index is 838. The van der Waals surface area contributed by atoms with E-state index in [0.29, 0.717) is 19.4 Å². The van der Waals surface area contributed by atoms with Crippen molar-refractivity contribution in [3.05, 3.63) is 36.4 Å². The second-order valence-corrected chi connectivity index (χ2v) is 6.08. The van der Waals surface area contributed by atoms with Gasteiger partial charge < -0.3 is 10.4 Å². The topological polar surface area (TPSA) is 100 Å². The summed E-state index contributed by atoms with van der Waals surface area (Å²) in [7, 11) is 0. The molecule has 0 saturated carbocycles. The first-order valence-electron chi connectivity index (χ1n) is 8.08. The number of hydrogen-bond acceptors (Lipinski definition) is 5. The van der Waals surface area contributed by atoms with Gasteiger partial charge in [0.1, 0.15) is 18.7 Å². The van der Waals surface area contributed by atoms with Crippen molar-refractivity contribution in [2.75, 3.05) is 18.4 Å². The highest BCUT2D eigenvalue weighted by Crippen LogP contribution is 2.33. The van der Waals surface area contributed by atoms with Crippen LogP contribution in [0.25, 0.3) is 5.69 Å². The Morgan fingerprint density at radius 2 is 2.11 bits per heavy atom. The van der Waals surface area contributed by atoms with E-state index in [0.717, 1.165) is 12.1 Å². The lowest BCUT2D eigenvalue weighted by Gasteiger charge is -2.21. The number of carbonyl (C=O) groups excluding carboxylic acids is 1. The van der Waals surface area contributed by atoms with Crippen LogP contribution in [0.3, 0.4) is 0 Å². The Morgan fingerprint density at radius 1 is 1.33 bits per heavy atom. The van der Waals surface area contributed by atoms with Gasteiger partial charge in [0, 0.05) is 0 Å². The van der Waals surface area contributed by atoms with Crippen LogP contribution in [-0.2, 0) is 15.8 Å². The van der Waals surface area contributed by atoms with Crippen molar-refractivity contribution in [1.29, 1.82) is 0 Å². The molecule has 2 N–H and O–H groups in total.